The van der Waals surface area contributed by atoms with Crippen molar-refractivity contribution in [2.24, 2.45) is 0 Å². The molecule has 0 fully saturated rings. The van der Waals surface area contributed by atoms with E-state index in [4.69, 9.17) is 0 Å². The Labute approximate surface area is 124 Å². The zero-order chi connectivity index (χ0) is 14.0. The summed E-state index contributed by atoms with van der Waals surface area (Å²) < 4.78 is 3.19. The Hall–Kier alpha value is -1.87. The van der Waals surface area contributed by atoms with Crippen LogP contribution in [0.4, 0.5) is 0 Å². The Morgan fingerprint density at radius 2 is 1.75 bits per heavy atom. The molecular weight excluding hydrogens is 314 g/mol. The van der Waals surface area contributed by atoms with Crippen LogP contribution in [-0.2, 0) is 0 Å². The van der Waals surface area contributed by atoms with Crippen molar-refractivity contribution in [1.29, 1.82) is 0 Å². The first-order valence-corrected chi connectivity index (χ1v) is 7.32. The van der Waals surface area contributed by atoms with E-state index in [0.29, 0.717) is 0 Å². The van der Waals surface area contributed by atoms with Crippen LogP contribution < -0.4 is 5.43 Å². The van der Waals surface area contributed by atoms with Gasteiger partial charge in [0.15, 0.2) is 5.43 Å². The molecule has 0 N–H and O–H groups in total. The molecular formula is C17H12BrNO. The molecule has 0 saturated carbocycles. The second kappa shape index (κ2) is 3.83. The predicted molar refractivity (Wildman–Crippen MR) is 87.0 cm³/mol. The highest BCUT2D eigenvalue weighted by atomic mass is 79.9. The third kappa shape index (κ3) is 1.41. The molecule has 2 nitrogen and oxygen atoms in total. The van der Waals surface area contributed by atoms with Crippen LogP contribution in [0.15, 0.2) is 45.8 Å². The summed E-state index contributed by atoms with van der Waals surface area (Å²) in [6, 6.07) is 10.4. The molecule has 2 heterocycles. The lowest BCUT2D eigenvalue weighted by Gasteiger charge is -2.04. The summed E-state index contributed by atoms with van der Waals surface area (Å²) in [5.74, 6) is 0. The fourth-order valence-electron chi connectivity index (χ4n) is 3.07. The molecule has 0 radical (unpaired) electrons. The van der Waals surface area contributed by atoms with Gasteiger partial charge in [0.1, 0.15) is 0 Å². The SMILES string of the molecule is Cc1cc2c(=O)c(C)cn3c4cc(Br)ccc4c(c1)c23. The minimum absolute atomic E-state index is 0.132. The van der Waals surface area contributed by atoms with Gasteiger partial charge in [0.05, 0.1) is 11.0 Å². The lowest BCUT2D eigenvalue weighted by Crippen LogP contribution is -2.08. The molecule has 0 atom stereocenters. The largest absolute Gasteiger partial charge is 0.315 e. The normalized spacial score (nSPS) is 11.9. The summed E-state index contributed by atoms with van der Waals surface area (Å²) in [5.41, 5.74) is 4.19. The van der Waals surface area contributed by atoms with E-state index in [2.05, 4.69) is 38.5 Å². The van der Waals surface area contributed by atoms with Gasteiger partial charge in [-0.2, -0.15) is 0 Å². The third-order valence-corrected chi connectivity index (χ3v) is 4.42. The Bertz CT molecular complexity index is 1050. The van der Waals surface area contributed by atoms with Gasteiger partial charge in [-0.05, 0) is 43.7 Å². The molecule has 3 heteroatoms. The summed E-state index contributed by atoms with van der Waals surface area (Å²) in [7, 11) is 0. The molecule has 2 aromatic carbocycles. The minimum atomic E-state index is 0.132. The van der Waals surface area contributed by atoms with Crippen LogP contribution in [0.3, 0.4) is 0 Å². The summed E-state index contributed by atoms with van der Waals surface area (Å²) in [6.07, 6.45) is 1.95. The molecule has 0 saturated heterocycles. The number of rotatable bonds is 0. The van der Waals surface area contributed by atoms with E-state index in [1.807, 2.05) is 32.2 Å². The first-order valence-electron chi connectivity index (χ1n) is 6.53. The van der Waals surface area contributed by atoms with Crippen LogP contribution in [0.2, 0.25) is 0 Å². The van der Waals surface area contributed by atoms with Crippen molar-refractivity contribution < 1.29 is 0 Å². The highest BCUT2D eigenvalue weighted by Gasteiger charge is 2.14. The van der Waals surface area contributed by atoms with Crippen molar-refractivity contribution in [3.8, 4) is 0 Å². The Morgan fingerprint density at radius 1 is 1.00 bits per heavy atom. The Balaban J connectivity index is 2.47. The molecule has 98 valence electrons. The summed E-state index contributed by atoms with van der Waals surface area (Å²) >= 11 is 3.53. The van der Waals surface area contributed by atoms with Crippen molar-refractivity contribution in [2.45, 2.75) is 13.8 Å². The van der Waals surface area contributed by atoms with Gasteiger partial charge in [0.2, 0.25) is 0 Å². The number of hydrogen-bond acceptors (Lipinski definition) is 1. The molecule has 0 aliphatic heterocycles. The standard InChI is InChI=1S/C17H12BrNO/c1-9-5-13-12-4-3-11(18)7-15(12)19-8-10(2)17(20)14(6-9)16(13)19/h3-8H,1-2H3. The zero-order valence-corrected chi connectivity index (χ0v) is 12.8. The molecule has 20 heavy (non-hydrogen) atoms. The van der Waals surface area contributed by atoms with Crippen LogP contribution in [0.1, 0.15) is 11.1 Å². The van der Waals surface area contributed by atoms with E-state index in [0.717, 1.165) is 37.4 Å². The maximum absolute atomic E-state index is 12.4. The molecule has 4 rings (SSSR count). The van der Waals surface area contributed by atoms with Gasteiger partial charge in [0, 0.05) is 32.4 Å². The maximum Gasteiger partial charge on any atom is 0.192 e. The second-order valence-electron chi connectivity index (χ2n) is 5.38. The van der Waals surface area contributed by atoms with E-state index < -0.39 is 0 Å². The molecule has 4 aromatic rings. The van der Waals surface area contributed by atoms with Gasteiger partial charge in [0.25, 0.3) is 0 Å². The average Bonchev–Trinajstić information content (AvgIpc) is 2.70. The highest BCUT2D eigenvalue weighted by molar-refractivity contribution is 9.10. The Morgan fingerprint density at radius 3 is 2.55 bits per heavy atom. The average molecular weight is 326 g/mol. The third-order valence-electron chi connectivity index (χ3n) is 3.93. The van der Waals surface area contributed by atoms with Gasteiger partial charge >= 0.3 is 0 Å². The Kier molecular flexibility index (Phi) is 2.28. The van der Waals surface area contributed by atoms with Gasteiger partial charge in [-0.1, -0.05) is 22.0 Å². The summed E-state index contributed by atoms with van der Waals surface area (Å²) in [4.78, 5) is 12.4. The minimum Gasteiger partial charge on any atom is -0.315 e. The van der Waals surface area contributed by atoms with E-state index in [9.17, 15) is 4.79 Å². The van der Waals surface area contributed by atoms with Gasteiger partial charge in [-0.15, -0.1) is 0 Å². The molecule has 0 aliphatic rings. The van der Waals surface area contributed by atoms with Crippen LogP contribution in [-0.4, -0.2) is 4.40 Å². The van der Waals surface area contributed by atoms with E-state index in [1.54, 1.807) is 0 Å². The quantitative estimate of drug-likeness (QED) is 0.469. The second-order valence-corrected chi connectivity index (χ2v) is 6.30. The van der Waals surface area contributed by atoms with Crippen LogP contribution >= 0.6 is 15.9 Å². The topological polar surface area (TPSA) is 21.5 Å². The number of hydrogen-bond donors (Lipinski definition) is 0. The number of pyridine rings is 1. The summed E-state index contributed by atoms with van der Waals surface area (Å²) in [5, 5.41) is 3.15. The molecule has 0 amide bonds. The van der Waals surface area contributed by atoms with E-state index in [-0.39, 0.29) is 5.43 Å². The van der Waals surface area contributed by atoms with Crippen LogP contribution in [0.5, 0.6) is 0 Å². The number of benzene rings is 2. The number of fused-ring (bicyclic) bond motifs is 3. The van der Waals surface area contributed by atoms with Gasteiger partial charge < -0.3 is 4.40 Å². The van der Waals surface area contributed by atoms with Crippen molar-refractivity contribution in [3.05, 3.63) is 62.4 Å². The monoisotopic (exact) mass is 325 g/mol. The van der Waals surface area contributed by atoms with Crippen molar-refractivity contribution in [3.63, 3.8) is 0 Å². The van der Waals surface area contributed by atoms with E-state index in [1.165, 1.54) is 5.39 Å². The number of aryl methyl sites for hydroxylation is 2. The summed E-state index contributed by atoms with van der Waals surface area (Å²) in [6.45, 7) is 3.92. The van der Waals surface area contributed by atoms with Crippen molar-refractivity contribution in [2.75, 3.05) is 0 Å². The zero-order valence-electron chi connectivity index (χ0n) is 11.2. The van der Waals surface area contributed by atoms with Crippen molar-refractivity contribution in [1.82, 2.24) is 4.40 Å². The van der Waals surface area contributed by atoms with Gasteiger partial charge in [-0.25, -0.2) is 0 Å². The molecule has 0 aliphatic carbocycles. The smallest absolute Gasteiger partial charge is 0.192 e. The fourth-order valence-corrected chi connectivity index (χ4v) is 3.42. The molecule has 0 unspecified atom stereocenters. The fraction of sp³-hybridized carbons (Fsp3) is 0.118. The number of halogens is 1. The number of aromatic nitrogens is 1. The maximum atomic E-state index is 12.4. The van der Waals surface area contributed by atoms with Crippen molar-refractivity contribution >= 4 is 43.1 Å². The van der Waals surface area contributed by atoms with Crippen LogP contribution in [0, 0.1) is 13.8 Å². The highest BCUT2D eigenvalue weighted by Crippen LogP contribution is 2.33. The van der Waals surface area contributed by atoms with Gasteiger partial charge in [-0.3, -0.25) is 4.79 Å². The first-order chi connectivity index (χ1) is 9.56. The molecule has 0 bridgehead atoms. The predicted octanol–water partition coefficient (Wildman–Crippen LogP) is 4.42. The van der Waals surface area contributed by atoms with Crippen LogP contribution in [0.25, 0.3) is 27.2 Å². The lowest BCUT2D eigenvalue weighted by molar-refractivity contribution is 1.20. The lowest BCUT2D eigenvalue weighted by atomic mass is 10.1. The first kappa shape index (κ1) is 11.9. The molecule has 0 spiro atoms. The number of nitrogens with zero attached hydrogens (tertiary/aromatic N) is 1. The van der Waals surface area contributed by atoms with E-state index >= 15 is 0 Å². The molecule has 2 aromatic heterocycles.